The summed E-state index contributed by atoms with van der Waals surface area (Å²) in [5, 5.41) is 8.02. The maximum atomic E-state index is 5.78. The Morgan fingerprint density at radius 2 is 1.83 bits per heavy atom. The minimum Gasteiger partial charge on any atom is -0.321 e. The number of anilines is 2. The number of pyridine rings is 1. The van der Waals surface area contributed by atoms with Crippen molar-refractivity contribution in [3.63, 3.8) is 0 Å². The molecule has 7 heteroatoms. The van der Waals surface area contributed by atoms with Gasteiger partial charge in [0.25, 0.3) is 0 Å². The van der Waals surface area contributed by atoms with Gasteiger partial charge in [-0.15, -0.1) is 5.10 Å². The van der Waals surface area contributed by atoms with Crippen molar-refractivity contribution in [2.45, 2.75) is 0 Å². The van der Waals surface area contributed by atoms with Crippen LogP contribution in [0.1, 0.15) is 0 Å². The lowest BCUT2D eigenvalue weighted by Gasteiger charge is -2.02. The van der Waals surface area contributed by atoms with E-state index in [-0.39, 0.29) is 0 Å². The number of rotatable bonds is 3. The Kier molecular flexibility index (Phi) is 3.36. The topological polar surface area (TPSA) is 68.0 Å². The molecular weight excluding hydrogens is 312 g/mol. The summed E-state index contributed by atoms with van der Waals surface area (Å²) in [6, 6.07) is 15.2. The highest BCUT2D eigenvalue weighted by molar-refractivity contribution is 6.29. The van der Waals surface area contributed by atoms with Gasteiger partial charge in [0, 0.05) is 17.8 Å². The van der Waals surface area contributed by atoms with Crippen LogP contribution in [0.3, 0.4) is 0 Å². The first-order valence-corrected chi connectivity index (χ1v) is 7.33. The predicted octanol–water partition coefficient (Wildman–Crippen LogP) is 3.58. The molecule has 6 nitrogen and oxygen atoms in total. The summed E-state index contributed by atoms with van der Waals surface area (Å²) in [6.45, 7) is 0. The average Bonchev–Trinajstić information content (AvgIpc) is 3.00. The largest absolute Gasteiger partial charge is 0.321 e. The molecule has 0 fully saturated rings. The normalized spacial score (nSPS) is 10.8. The Morgan fingerprint density at radius 1 is 0.957 bits per heavy atom. The lowest BCUT2D eigenvalue weighted by atomic mass is 10.2. The Hall–Kier alpha value is -2.99. The van der Waals surface area contributed by atoms with Gasteiger partial charge >= 0.3 is 0 Å². The number of hydrogen-bond donors (Lipinski definition) is 1. The van der Waals surface area contributed by atoms with Crippen LogP contribution in [0.15, 0.2) is 60.9 Å². The highest BCUT2D eigenvalue weighted by atomic mass is 35.5. The maximum absolute atomic E-state index is 5.78. The molecule has 0 radical (unpaired) electrons. The molecule has 4 rings (SSSR count). The number of fused-ring (bicyclic) bond motifs is 1. The van der Waals surface area contributed by atoms with E-state index in [0.29, 0.717) is 16.7 Å². The van der Waals surface area contributed by atoms with Crippen molar-refractivity contribution in [2.75, 3.05) is 5.32 Å². The van der Waals surface area contributed by atoms with E-state index in [9.17, 15) is 0 Å². The lowest BCUT2D eigenvalue weighted by molar-refractivity contribution is 0.937. The molecule has 0 saturated heterocycles. The van der Waals surface area contributed by atoms with Crippen LogP contribution in [-0.4, -0.2) is 24.6 Å². The van der Waals surface area contributed by atoms with E-state index in [2.05, 4.69) is 25.4 Å². The molecule has 0 saturated carbocycles. The van der Waals surface area contributed by atoms with Gasteiger partial charge in [0.2, 0.25) is 5.95 Å². The van der Waals surface area contributed by atoms with Crippen molar-refractivity contribution in [2.24, 2.45) is 0 Å². The van der Waals surface area contributed by atoms with Crippen molar-refractivity contribution in [1.82, 2.24) is 24.6 Å². The molecule has 0 unspecified atom stereocenters. The summed E-state index contributed by atoms with van der Waals surface area (Å²) in [4.78, 5) is 12.9. The van der Waals surface area contributed by atoms with E-state index in [1.54, 1.807) is 23.0 Å². The van der Waals surface area contributed by atoms with Crippen LogP contribution < -0.4 is 5.32 Å². The molecule has 0 aliphatic carbocycles. The van der Waals surface area contributed by atoms with E-state index in [0.717, 1.165) is 17.1 Å². The zero-order valence-electron chi connectivity index (χ0n) is 11.9. The van der Waals surface area contributed by atoms with Gasteiger partial charge in [0.15, 0.2) is 11.5 Å². The Morgan fingerprint density at radius 3 is 2.61 bits per heavy atom. The van der Waals surface area contributed by atoms with Crippen molar-refractivity contribution in [3.05, 3.63) is 66.1 Å². The molecule has 0 spiro atoms. The van der Waals surface area contributed by atoms with Gasteiger partial charge in [-0.3, -0.25) is 0 Å². The fraction of sp³-hybridized carbons (Fsp3) is 0. The zero-order chi connectivity index (χ0) is 15.6. The molecule has 0 aliphatic heterocycles. The third-order valence-electron chi connectivity index (χ3n) is 3.27. The number of nitrogens with zero attached hydrogens (tertiary/aromatic N) is 5. The number of aromatic nitrogens is 5. The summed E-state index contributed by atoms with van der Waals surface area (Å²) in [5.41, 5.74) is 2.45. The second-order valence-electron chi connectivity index (χ2n) is 4.83. The molecule has 0 atom stereocenters. The molecule has 4 aromatic rings. The van der Waals surface area contributed by atoms with Crippen LogP contribution in [-0.2, 0) is 0 Å². The molecule has 3 heterocycles. The molecule has 3 aromatic heterocycles. The molecule has 0 bridgehead atoms. The molecule has 0 amide bonds. The van der Waals surface area contributed by atoms with Gasteiger partial charge in [0.05, 0.1) is 11.9 Å². The number of benzene rings is 1. The number of hydrogen-bond acceptors (Lipinski definition) is 5. The highest BCUT2D eigenvalue weighted by Crippen LogP contribution is 2.19. The van der Waals surface area contributed by atoms with Crippen LogP contribution in [0.5, 0.6) is 0 Å². The van der Waals surface area contributed by atoms with Gasteiger partial charge in [0.1, 0.15) is 5.15 Å². The Labute approximate surface area is 136 Å². The van der Waals surface area contributed by atoms with E-state index in [4.69, 9.17) is 11.6 Å². The van der Waals surface area contributed by atoms with Gasteiger partial charge in [-0.1, -0.05) is 41.9 Å². The molecule has 23 heavy (non-hydrogen) atoms. The SMILES string of the molecule is Clc1ccc(Nc2nc3ccnc(-c4ccccc4)n3n2)cn1. The van der Waals surface area contributed by atoms with Crippen molar-refractivity contribution < 1.29 is 0 Å². The van der Waals surface area contributed by atoms with E-state index >= 15 is 0 Å². The minimum atomic E-state index is 0.439. The zero-order valence-corrected chi connectivity index (χ0v) is 12.6. The van der Waals surface area contributed by atoms with Gasteiger partial charge in [-0.2, -0.15) is 9.50 Å². The summed E-state index contributed by atoms with van der Waals surface area (Å²) in [6.07, 6.45) is 3.35. The van der Waals surface area contributed by atoms with Crippen LogP contribution >= 0.6 is 11.6 Å². The summed E-state index contributed by atoms with van der Waals surface area (Å²) in [7, 11) is 0. The van der Waals surface area contributed by atoms with Gasteiger partial charge in [-0.25, -0.2) is 9.97 Å². The summed E-state index contributed by atoms with van der Waals surface area (Å²) >= 11 is 5.78. The van der Waals surface area contributed by atoms with Crippen molar-refractivity contribution in [1.29, 1.82) is 0 Å². The number of halogens is 1. The average molecular weight is 323 g/mol. The predicted molar refractivity (Wildman–Crippen MR) is 88.7 cm³/mol. The summed E-state index contributed by atoms with van der Waals surface area (Å²) in [5.74, 6) is 1.21. The molecule has 0 aliphatic rings. The third kappa shape index (κ3) is 2.72. The standard InChI is InChI=1S/C16H11ClN6/c17-13-7-6-12(10-19-13)20-16-21-14-8-9-18-15(23(14)22-16)11-4-2-1-3-5-11/h1-10H,(H,20,22). The van der Waals surface area contributed by atoms with E-state index in [1.807, 2.05) is 42.5 Å². The monoisotopic (exact) mass is 322 g/mol. The van der Waals surface area contributed by atoms with E-state index in [1.165, 1.54) is 0 Å². The van der Waals surface area contributed by atoms with E-state index < -0.39 is 0 Å². The van der Waals surface area contributed by atoms with Crippen LogP contribution in [0.25, 0.3) is 17.0 Å². The molecule has 112 valence electrons. The fourth-order valence-corrected chi connectivity index (χ4v) is 2.34. The molecule has 1 aromatic carbocycles. The third-order valence-corrected chi connectivity index (χ3v) is 3.49. The first-order valence-electron chi connectivity index (χ1n) is 6.95. The molecule has 1 N–H and O–H groups in total. The smallest absolute Gasteiger partial charge is 0.247 e. The van der Waals surface area contributed by atoms with Gasteiger partial charge < -0.3 is 5.32 Å². The first-order chi connectivity index (χ1) is 11.3. The quantitative estimate of drug-likeness (QED) is 0.584. The Balaban J connectivity index is 1.75. The second-order valence-corrected chi connectivity index (χ2v) is 5.22. The highest BCUT2D eigenvalue weighted by Gasteiger charge is 2.10. The van der Waals surface area contributed by atoms with Crippen molar-refractivity contribution >= 4 is 28.9 Å². The fourth-order valence-electron chi connectivity index (χ4n) is 2.23. The van der Waals surface area contributed by atoms with Crippen molar-refractivity contribution in [3.8, 4) is 11.4 Å². The lowest BCUT2D eigenvalue weighted by Crippen LogP contribution is -1.98. The van der Waals surface area contributed by atoms with Crippen LogP contribution in [0, 0.1) is 0 Å². The second kappa shape index (κ2) is 5.66. The number of nitrogens with one attached hydrogen (secondary N) is 1. The Bertz CT molecular complexity index is 949. The van der Waals surface area contributed by atoms with Gasteiger partial charge in [-0.05, 0) is 12.1 Å². The first kappa shape index (κ1) is 13.7. The minimum absolute atomic E-state index is 0.439. The molecular formula is C16H11ClN6. The maximum Gasteiger partial charge on any atom is 0.247 e. The van der Waals surface area contributed by atoms with Crippen LogP contribution in [0.4, 0.5) is 11.6 Å². The summed E-state index contributed by atoms with van der Waals surface area (Å²) < 4.78 is 1.71. The van der Waals surface area contributed by atoms with Crippen LogP contribution in [0.2, 0.25) is 5.15 Å².